The van der Waals surface area contributed by atoms with Crippen molar-refractivity contribution in [2.24, 2.45) is 22.5 Å². The van der Waals surface area contributed by atoms with Crippen molar-refractivity contribution >= 4 is 18.6 Å². The lowest BCUT2D eigenvalue weighted by Gasteiger charge is -2.50. The fraction of sp³-hybridized carbons (Fsp3) is 0.500. The Labute approximate surface area is 176 Å². The topological polar surface area (TPSA) is 42.8 Å². The van der Waals surface area contributed by atoms with E-state index in [-0.39, 0.29) is 23.9 Å². The van der Waals surface area contributed by atoms with Crippen molar-refractivity contribution in [3.8, 4) is 0 Å². The SMILES string of the molecule is CC(C)C1OC(C(C)C)P(=Nc2ccccc2)(Nc2ccccc2)C(C(C)C)O1. The van der Waals surface area contributed by atoms with Gasteiger partial charge in [0.25, 0.3) is 0 Å². The largest absolute Gasteiger partial charge is 0.348 e. The third-order valence-electron chi connectivity index (χ3n) is 5.13. The maximum Gasteiger partial charge on any atom is 0.161 e. The number of hydrogen-bond acceptors (Lipinski definition) is 3. The minimum absolute atomic E-state index is 0.0311. The van der Waals surface area contributed by atoms with Crippen LogP contribution in [0.25, 0.3) is 0 Å². The number of benzene rings is 2. The Morgan fingerprint density at radius 3 is 1.66 bits per heavy atom. The van der Waals surface area contributed by atoms with Crippen molar-refractivity contribution in [3.63, 3.8) is 0 Å². The molecule has 1 N–H and O–H groups in total. The molecule has 1 fully saturated rings. The lowest BCUT2D eigenvalue weighted by atomic mass is 10.2. The number of ether oxygens (including phenoxy) is 2. The van der Waals surface area contributed by atoms with Crippen LogP contribution in [-0.2, 0) is 9.47 Å². The first-order chi connectivity index (χ1) is 13.8. The van der Waals surface area contributed by atoms with E-state index in [2.05, 4.69) is 83.0 Å². The summed E-state index contributed by atoms with van der Waals surface area (Å²) in [6.45, 7) is 13.2. The Morgan fingerprint density at radius 2 is 1.21 bits per heavy atom. The molecular weight excluding hydrogens is 379 g/mol. The van der Waals surface area contributed by atoms with Gasteiger partial charge in [0.1, 0.15) is 18.9 Å². The van der Waals surface area contributed by atoms with Gasteiger partial charge in [0.15, 0.2) is 6.29 Å². The molecule has 2 aromatic rings. The summed E-state index contributed by atoms with van der Waals surface area (Å²) in [7, 11) is -2.31. The van der Waals surface area contributed by atoms with E-state index in [4.69, 9.17) is 14.2 Å². The van der Waals surface area contributed by atoms with Gasteiger partial charge in [-0.25, -0.2) is 4.74 Å². The first kappa shape index (κ1) is 22.1. The van der Waals surface area contributed by atoms with Crippen LogP contribution >= 0.6 is 7.21 Å². The van der Waals surface area contributed by atoms with Gasteiger partial charge in [-0.3, -0.25) is 0 Å². The van der Waals surface area contributed by atoms with Gasteiger partial charge >= 0.3 is 0 Å². The lowest BCUT2D eigenvalue weighted by molar-refractivity contribution is -0.212. The zero-order valence-electron chi connectivity index (χ0n) is 18.4. The van der Waals surface area contributed by atoms with Crippen molar-refractivity contribution < 1.29 is 9.47 Å². The van der Waals surface area contributed by atoms with E-state index >= 15 is 0 Å². The molecule has 1 aliphatic rings. The smallest absolute Gasteiger partial charge is 0.161 e. The molecule has 1 aliphatic heterocycles. The molecule has 2 aromatic carbocycles. The molecule has 0 aromatic heterocycles. The van der Waals surface area contributed by atoms with Gasteiger partial charge in [0, 0.05) is 11.6 Å². The summed E-state index contributed by atoms with van der Waals surface area (Å²) in [4.78, 5) is 0. The molecule has 3 rings (SSSR count). The minimum atomic E-state index is -2.31. The number of nitrogens with zero attached hydrogens (tertiary/aromatic N) is 1. The third-order valence-corrected chi connectivity index (χ3v) is 9.29. The third kappa shape index (κ3) is 4.94. The van der Waals surface area contributed by atoms with Crippen LogP contribution in [0, 0.1) is 17.8 Å². The van der Waals surface area contributed by atoms with E-state index in [1.54, 1.807) is 0 Å². The molecule has 0 bridgehead atoms. The molecule has 158 valence electrons. The summed E-state index contributed by atoms with van der Waals surface area (Å²) in [5, 5.41) is 3.86. The highest BCUT2D eigenvalue weighted by Gasteiger charge is 2.49. The molecule has 0 radical (unpaired) electrons. The maximum absolute atomic E-state index is 6.62. The Kier molecular flexibility index (Phi) is 7.21. The van der Waals surface area contributed by atoms with E-state index in [1.165, 1.54) is 0 Å². The summed E-state index contributed by atoms with van der Waals surface area (Å²) in [5.41, 5.74) is 2.03. The van der Waals surface area contributed by atoms with Crippen LogP contribution in [0.15, 0.2) is 65.4 Å². The van der Waals surface area contributed by atoms with Crippen LogP contribution < -0.4 is 5.09 Å². The molecule has 1 heterocycles. The average molecular weight is 415 g/mol. The van der Waals surface area contributed by atoms with Crippen molar-refractivity contribution in [3.05, 3.63) is 60.7 Å². The maximum atomic E-state index is 6.62. The van der Waals surface area contributed by atoms with Gasteiger partial charge in [-0.2, -0.15) is 0 Å². The summed E-state index contributed by atoms with van der Waals surface area (Å²) < 4.78 is 18.6. The van der Waals surface area contributed by atoms with Crippen LogP contribution in [-0.4, -0.2) is 18.0 Å². The number of hydrogen-bond donors (Lipinski definition) is 1. The number of rotatable bonds is 6. The Balaban J connectivity index is 2.22. The zero-order valence-corrected chi connectivity index (χ0v) is 19.3. The predicted octanol–water partition coefficient (Wildman–Crippen LogP) is 7.54. The van der Waals surface area contributed by atoms with Crippen molar-refractivity contribution in [2.45, 2.75) is 59.5 Å². The standard InChI is InChI=1S/C24H35N2O2P/c1-17(2)22-27-23(18(3)4)29(24(28-22)19(5)6,25-20-13-9-7-10-14-20)26-21-15-11-8-12-16-21/h7-19,22-25H,1-6H3. The highest BCUT2D eigenvalue weighted by atomic mass is 31.2. The van der Waals surface area contributed by atoms with Gasteiger partial charge < -0.3 is 14.6 Å². The van der Waals surface area contributed by atoms with E-state index in [0.29, 0.717) is 11.8 Å². The molecular formula is C24H35N2O2P. The summed E-state index contributed by atoms with van der Waals surface area (Å²) >= 11 is 0. The first-order valence-corrected chi connectivity index (χ1v) is 12.5. The van der Waals surface area contributed by atoms with Gasteiger partial charge in [-0.05, 0) is 36.1 Å². The van der Waals surface area contributed by atoms with Crippen LogP contribution in [0.2, 0.25) is 0 Å². The molecule has 2 unspecified atom stereocenters. The first-order valence-electron chi connectivity index (χ1n) is 10.6. The summed E-state index contributed by atoms with van der Waals surface area (Å²) in [5.74, 6) is 0.831. The predicted molar refractivity (Wildman–Crippen MR) is 124 cm³/mol. The summed E-state index contributed by atoms with van der Waals surface area (Å²) in [6.07, 6.45) is -0.216. The zero-order chi connectivity index (χ0) is 21.0. The molecule has 5 heteroatoms. The number of nitrogens with one attached hydrogen (secondary N) is 1. The van der Waals surface area contributed by atoms with Gasteiger partial charge in [0.2, 0.25) is 0 Å². The molecule has 0 saturated carbocycles. The van der Waals surface area contributed by atoms with Crippen LogP contribution in [0.5, 0.6) is 0 Å². The van der Waals surface area contributed by atoms with E-state index in [9.17, 15) is 0 Å². The Morgan fingerprint density at radius 1 is 0.724 bits per heavy atom. The summed E-state index contributed by atoms with van der Waals surface area (Å²) in [6, 6.07) is 20.6. The Hall–Kier alpha value is -1.61. The highest BCUT2D eigenvalue weighted by molar-refractivity contribution is 7.69. The van der Waals surface area contributed by atoms with E-state index < -0.39 is 7.21 Å². The molecule has 29 heavy (non-hydrogen) atoms. The fourth-order valence-corrected chi connectivity index (χ4v) is 8.18. The number of anilines is 1. The van der Waals surface area contributed by atoms with Crippen LogP contribution in [0.4, 0.5) is 11.4 Å². The highest BCUT2D eigenvalue weighted by Crippen LogP contribution is 2.66. The molecule has 0 amide bonds. The molecule has 1 saturated heterocycles. The van der Waals surface area contributed by atoms with E-state index in [0.717, 1.165) is 11.4 Å². The van der Waals surface area contributed by atoms with Crippen molar-refractivity contribution in [2.75, 3.05) is 5.09 Å². The molecule has 4 nitrogen and oxygen atoms in total. The quantitative estimate of drug-likeness (QED) is 0.497. The molecule has 0 spiro atoms. The van der Waals surface area contributed by atoms with Crippen LogP contribution in [0.1, 0.15) is 41.5 Å². The van der Waals surface area contributed by atoms with Gasteiger partial charge in [-0.15, -0.1) is 0 Å². The average Bonchev–Trinajstić information content (AvgIpc) is 2.69. The lowest BCUT2D eigenvalue weighted by Crippen LogP contribution is -2.46. The normalized spacial score (nSPS) is 27.4. The van der Waals surface area contributed by atoms with Gasteiger partial charge in [-0.1, -0.05) is 77.9 Å². The number of para-hydroxylation sites is 1. The second-order valence-electron chi connectivity index (χ2n) is 8.81. The van der Waals surface area contributed by atoms with Crippen molar-refractivity contribution in [1.82, 2.24) is 0 Å². The minimum Gasteiger partial charge on any atom is -0.348 e. The Bertz CT molecular complexity index is 799. The molecule has 0 aliphatic carbocycles. The fourth-order valence-electron chi connectivity index (χ4n) is 3.85. The van der Waals surface area contributed by atoms with Crippen LogP contribution in [0.3, 0.4) is 0 Å². The van der Waals surface area contributed by atoms with Gasteiger partial charge in [0.05, 0.1) is 5.69 Å². The van der Waals surface area contributed by atoms with Crippen molar-refractivity contribution in [1.29, 1.82) is 0 Å². The molecule has 2 atom stereocenters. The second kappa shape index (κ2) is 9.47. The van der Waals surface area contributed by atoms with E-state index in [1.807, 2.05) is 24.3 Å². The monoisotopic (exact) mass is 414 g/mol. The second-order valence-corrected chi connectivity index (χ2v) is 11.7.